The number of aliphatic carboxylic acids is 1. The number of nitrogens with one attached hydrogen (secondary N) is 1. The first-order chi connectivity index (χ1) is 9.06. The molecule has 1 rings (SSSR count). The Kier molecular flexibility index (Phi) is 6.42. The van der Waals surface area contributed by atoms with Crippen LogP contribution in [-0.4, -0.2) is 29.8 Å². The van der Waals surface area contributed by atoms with Crippen LogP contribution >= 0.6 is 11.8 Å². The molecule has 0 spiro atoms. The fourth-order valence-electron chi connectivity index (χ4n) is 1.66. The Morgan fingerprint density at radius 1 is 1.37 bits per heavy atom. The summed E-state index contributed by atoms with van der Waals surface area (Å²) in [5.74, 6) is -1.26. The molecule has 5 heteroatoms. The Bertz CT molecular complexity index is 448. The highest BCUT2D eigenvalue weighted by Gasteiger charge is 2.12. The van der Waals surface area contributed by atoms with E-state index in [-0.39, 0.29) is 11.8 Å². The minimum Gasteiger partial charge on any atom is -0.481 e. The molecule has 0 saturated heterocycles. The molecule has 19 heavy (non-hydrogen) atoms. The summed E-state index contributed by atoms with van der Waals surface area (Å²) in [6, 6.07) is 7.44. The Morgan fingerprint density at radius 3 is 2.68 bits per heavy atom. The largest absolute Gasteiger partial charge is 0.481 e. The molecule has 0 saturated carbocycles. The number of carbonyl (C=O) groups excluding carboxylic acids is 1. The van der Waals surface area contributed by atoms with Crippen molar-refractivity contribution in [3.63, 3.8) is 0 Å². The third-order valence-electron chi connectivity index (χ3n) is 2.87. The van der Waals surface area contributed by atoms with E-state index < -0.39 is 5.97 Å². The van der Waals surface area contributed by atoms with Crippen molar-refractivity contribution in [2.45, 2.75) is 24.7 Å². The Balaban J connectivity index is 2.41. The van der Waals surface area contributed by atoms with Gasteiger partial charge in [0.1, 0.15) is 0 Å². The fraction of sp³-hybridized carbons (Fsp3) is 0.429. The highest BCUT2D eigenvalue weighted by molar-refractivity contribution is 7.98. The van der Waals surface area contributed by atoms with E-state index in [2.05, 4.69) is 5.32 Å². The van der Waals surface area contributed by atoms with E-state index in [1.54, 1.807) is 13.0 Å². The minimum atomic E-state index is -0.793. The molecule has 0 bridgehead atoms. The maximum absolute atomic E-state index is 12.0. The lowest BCUT2D eigenvalue weighted by atomic mass is 10.1. The van der Waals surface area contributed by atoms with Crippen molar-refractivity contribution in [1.29, 1.82) is 0 Å². The number of carbonyl (C=O) groups is 2. The maximum Gasteiger partial charge on any atom is 0.306 e. The first-order valence-electron chi connectivity index (χ1n) is 6.20. The van der Waals surface area contributed by atoms with E-state index in [0.717, 1.165) is 4.90 Å². The lowest BCUT2D eigenvalue weighted by Crippen LogP contribution is -2.25. The molecule has 2 N–H and O–H groups in total. The first kappa shape index (κ1) is 15.6. The quantitative estimate of drug-likeness (QED) is 0.595. The smallest absolute Gasteiger partial charge is 0.306 e. The number of carboxylic acid groups (broad SMARTS) is 1. The molecule has 0 heterocycles. The summed E-state index contributed by atoms with van der Waals surface area (Å²) in [7, 11) is 0. The SMILES string of the molecule is CSc1ccccc1C(=O)NCCCC(C)C(=O)O. The van der Waals surface area contributed by atoms with Crippen LogP contribution < -0.4 is 5.32 Å². The highest BCUT2D eigenvalue weighted by Crippen LogP contribution is 2.19. The Labute approximate surface area is 117 Å². The number of thioether (sulfide) groups is 1. The summed E-state index contributed by atoms with van der Waals surface area (Å²) in [5, 5.41) is 11.6. The molecular formula is C14H19NO3S. The van der Waals surface area contributed by atoms with E-state index in [1.165, 1.54) is 11.8 Å². The van der Waals surface area contributed by atoms with Gasteiger partial charge in [-0.3, -0.25) is 9.59 Å². The van der Waals surface area contributed by atoms with Gasteiger partial charge in [-0.15, -0.1) is 11.8 Å². The molecule has 1 aromatic carbocycles. The van der Waals surface area contributed by atoms with Crippen LogP contribution in [0.25, 0.3) is 0 Å². The van der Waals surface area contributed by atoms with Crippen LogP contribution in [0.4, 0.5) is 0 Å². The summed E-state index contributed by atoms with van der Waals surface area (Å²) < 4.78 is 0. The predicted molar refractivity (Wildman–Crippen MR) is 76.6 cm³/mol. The second-order valence-corrected chi connectivity index (χ2v) is 5.19. The van der Waals surface area contributed by atoms with Gasteiger partial charge in [-0.05, 0) is 31.2 Å². The average molecular weight is 281 g/mol. The Hall–Kier alpha value is -1.49. The van der Waals surface area contributed by atoms with Crippen LogP contribution in [0.2, 0.25) is 0 Å². The fourth-order valence-corrected chi connectivity index (χ4v) is 2.26. The zero-order valence-electron chi connectivity index (χ0n) is 11.2. The van der Waals surface area contributed by atoms with Gasteiger partial charge in [-0.25, -0.2) is 0 Å². The monoisotopic (exact) mass is 281 g/mol. The molecular weight excluding hydrogens is 262 g/mol. The Morgan fingerprint density at radius 2 is 2.05 bits per heavy atom. The lowest BCUT2D eigenvalue weighted by Gasteiger charge is -2.09. The minimum absolute atomic E-state index is 0.104. The predicted octanol–water partition coefficient (Wildman–Crippen LogP) is 2.64. The van der Waals surface area contributed by atoms with Gasteiger partial charge in [-0.2, -0.15) is 0 Å². The van der Waals surface area contributed by atoms with E-state index in [0.29, 0.717) is 24.9 Å². The van der Waals surface area contributed by atoms with Gasteiger partial charge in [0.25, 0.3) is 5.91 Å². The topological polar surface area (TPSA) is 66.4 Å². The van der Waals surface area contributed by atoms with E-state index in [1.807, 2.05) is 24.5 Å². The van der Waals surface area contributed by atoms with Crippen molar-refractivity contribution in [3.05, 3.63) is 29.8 Å². The van der Waals surface area contributed by atoms with Crippen molar-refractivity contribution in [1.82, 2.24) is 5.32 Å². The van der Waals surface area contributed by atoms with Gasteiger partial charge in [0.15, 0.2) is 0 Å². The number of hydrogen-bond acceptors (Lipinski definition) is 3. The summed E-state index contributed by atoms with van der Waals surface area (Å²) >= 11 is 1.53. The van der Waals surface area contributed by atoms with Gasteiger partial charge in [-0.1, -0.05) is 19.1 Å². The van der Waals surface area contributed by atoms with Crippen LogP contribution in [0.3, 0.4) is 0 Å². The highest BCUT2D eigenvalue weighted by atomic mass is 32.2. The number of hydrogen-bond donors (Lipinski definition) is 2. The van der Waals surface area contributed by atoms with Crippen LogP contribution in [0, 0.1) is 5.92 Å². The molecule has 0 radical (unpaired) electrons. The second-order valence-electron chi connectivity index (χ2n) is 4.34. The van der Waals surface area contributed by atoms with Crippen LogP contribution in [0.5, 0.6) is 0 Å². The van der Waals surface area contributed by atoms with Crippen molar-refractivity contribution in [2.24, 2.45) is 5.92 Å². The lowest BCUT2D eigenvalue weighted by molar-refractivity contribution is -0.141. The molecule has 1 unspecified atom stereocenters. The van der Waals surface area contributed by atoms with Gasteiger partial charge in [0, 0.05) is 11.4 Å². The van der Waals surface area contributed by atoms with Crippen molar-refractivity contribution in [3.8, 4) is 0 Å². The molecule has 4 nitrogen and oxygen atoms in total. The molecule has 0 aromatic heterocycles. The molecule has 1 aromatic rings. The summed E-state index contributed by atoms with van der Waals surface area (Å²) in [6.07, 6.45) is 3.17. The molecule has 0 fully saturated rings. The molecule has 0 aliphatic heterocycles. The third kappa shape index (κ3) is 4.95. The van der Waals surface area contributed by atoms with Crippen LogP contribution in [0.1, 0.15) is 30.1 Å². The summed E-state index contributed by atoms with van der Waals surface area (Å²) in [5.41, 5.74) is 0.668. The zero-order chi connectivity index (χ0) is 14.3. The van der Waals surface area contributed by atoms with E-state index in [9.17, 15) is 9.59 Å². The maximum atomic E-state index is 12.0. The van der Waals surface area contributed by atoms with E-state index >= 15 is 0 Å². The first-order valence-corrected chi connectivity index (χ1v) is 7.42. The van der Waals surface area contributed by atoms with Gasteiger partial charge >= 0.3 is 5.97 Å². The number of rotatable bonds is 7. The van der Waals surface area contributed by atoms with Crippen molar-refractivity contribution in [2.75, 3.05) is 12.8 Å². The molecule has 1 atom stereocenters. The van der Waals surface area contributed by atoms with Crippen LogP contribution in [-0.2, 0) is 4.79 Å². The van der Waals surface area contributed by atoms with E-state index in [4.69, 9.17) is 5.11 Å². The zero-order valence-corrected chi connectivity index (χ0v) is 12.0. The van der Waals surface area contributed by atoms with Gasteiger partial charge in [0.2, 0.25) is 0 Å². The molecule has 0 aliphatic rings. The summed E-state index contributed by atoms with van der Waals surface area (Å²) in [6.45, 7) is 2.17. The number of amides is 1. The summed E-state index contributed by atoms with van der Waals surface area (Å²) in [4.78, 5) is 23.5. The number of benzene rings is 1. The standard InChI is InChI=1S/C14H19NO3S/c1-10(14(17)18)6-5-9-15-13(16)11-7-3-4-8-12(11)19-2/h3-4,7-8,10H,5-6,9H2,1-2H3,(H,15,16)(H,17,18). The second kappa shape index (κ2) is 7.84. The normalized spacial score (nSPS) is 11.9. The molecule has 1 amide bonds. The van der Waals surface area contributed by atoms with Gasteiger partial charge in [0.05, 0.1) is 11.5 Å². The number of carboxylic acids is 1. The molecule has 0 aliphatic carbocycles. The van der Waals surface area contributed by atoms with Crippen molar-refractivity contribution >= 4 is 23.6 Å². The average Bonchev–Trinajstić information content (AvgIpc) is 2.42. The third-order valence-corrected chi connectivity index (χ3v) is 3.67. The van der Waals surface area contributed by atoms with Gasteiger partial charge < -0.3 is 10.4 Å². The molecule has 104 valence electrons. The van der Waals surface area contributed by atoms with Crippen molar-refractivity contribution < 1.29 is 14.7 Å². The van der Waals surface area contributed by atoms with Crippen LogP contribution in [0.15, 0.2) is 29.2 Å².